The van der Waals surface area contributed by atoms with Crippen LogP contribution in [0.25, 0.3) is 0 Å². The zero-order valence-electron chi connectivity index (χ0n) is 14.7. The van der Waals surface area contributed by atoms with E-state index in [0.29, 0.717) is 24.3 Å². The molecule has 3 N–H and O–H groups in total. The highest BCUT2D eigenvalue weighted by atomic mass is 16.2. The average molecular weight is 352 g/mol. The third-order valence-corrected chi connectivity index (χ3v) is 5.43. The van der Waals surface area contributed by atoms with Crippen LogP contribution in [-0.4, -0.2) is 58.8 Å². The van der Waals surface area contributed by atoms with Gasteiger partial charge >= 0.3 is 0 Å². The smallest absolute Gasteiger partial charge is 0.270 e. The summed E-state index contributed by atoms with van der Waals surface area (Å²) in [5.41, 5.74) is 8.46. The van der Waals surface area contributed by atoms with Gasteiger partial charge in [-0.05, 0) is 24.5 Å². The fourth-order valence-corrected chi connectivity index (χ4v) is 3.96. The van der Waals surface area contributed by atoms with Crippen LogP contribution in [-0.2, 0) is 0 Å². The molecule has 136 valence electrons. The van der Waals surface area contributed by atoms with Crippen molar-refractivity contribution >= 4 is 11.8 Å². The number of carbonyl (C=O) groups is 2. The summed E-state index contributed by atoms with van der Waals surface area (Å²) in [5.74, 6) is 0.0437. The predicted octanol–water partition coefficient (Wildman–Crippen LogP) is 1.82. The van der Waals surface area contributed by atoms with E-state index in [4.69, 9.17) is 5.73 Å². The molecule has 1 aromatic carbocycles. The molecule has 26 heavy (non-hydrogen) atoms. The number of H-pyrrole nitrogens is 1. The summed E-state index contributed by atoms with van der Waals surface area (Å²) in [4.78, 5) is 31.9. The SMILES string of the molecule is N[C@@H]1CN(C(=O)c2c[nH]c(C(=O)N3CCCC3)c2)C[C@H]1c1ccccc1. The van der Waals surface area contributed by atoms with E-state index in [1.807, 2.05) is 23.1 Å². The van der Waals surface area contributed by atoms with Crippen molar-refractivity contribution < 1.29 is 9.59 Å². The van der Waals surface area contributed by atoms with Crippen molar-refractivity contribution in [1.29, 1.82) is 0 Å². The second-order valence-electron chi connectivity index (χ2n) is 7.19. The Bertz CT molecular complexity index is 795. The molecule has 2 aliphatic heterocycles. The van der Waals surface area contributed by atoms with Gasteiger partial charge in [0.05, 0.1) is 5.56 Å². The van der Waals surface area contributed by atoms with Crippen molar-refractivity contribution in [3.05, 3.63) is 59.4 Å². The minimum absolute atomic E-state index is 0.0261. The molecule has 0 radical (unpaired) electrons. The van der Waals surface area contributed by atoms with Crippen LogP contribution in [0.15, 0.2) is 42.6 Å². The first-order chi connectivity index (χ1) is 12.6. The highest BCUT2D eigenvalue weighted by molar-refractivity contribution is 5.99. The van der Waals surface area contributed by atoms with Crippen molar-refractivity contribution in [2.24, 2.45) is 5.73 Å². The molecule has 3 heterocycles. The van der Waals surface area contributed by atoms with Crippen molar-refractivity contribution in [3.63, 3.8) is 0 Å². The molecule has 6 nitrogen and oxygen atoms in total. The Kier molecular flexibility index (Phi) is 4.51. The lowest BCUT2D eigenvalue weighted by Crippen LogP contribution is -2.32. The van der Waals surface area contributed by atoms with Crippen molar-refractivity contribution in [2.75, 3.05) is 26.2 Å². The number of amides is 2. The van der Waals surface area contributed by atoms with E-state index >= 15 is 0 Å². The van der Waals surface area contributed by atoms with Crippen LogP contribution in [0.4, 0.5) is 0 Å². The number of likely N-dealkylation sites (tertiary alicyclic amines) is 2. The molecule has 2 fully saturated rings. The summed E-state index contributed by atoms with van der Waals surface area (Å²) in [5, 5.41) is 0. The number of nitrogens with two attached hydrogens (primary N) is 1. The van der Waals surface area contributed by atoms with E-state index in [0.717, 1.165) is 31.5 Å². The summed E-state index contributed by atoms with van der Waals surface area (Å²) < 4.78 is 0. The lowest BCUT2D eigenvalue weighted by atomic mass is 9.95. The molecule has 0 unspecified atom stereocenters. The Morgan fingerprint density at radius 2 is 1.73 bits per heavy atom. The van der Waals surface area contributed by atoms with E-state index in [2.05, 4.69) is 17.1 Å². The van der Waals surface area contributed by atoms with Gasteiger partial charge < -0.3 is 20.5 Å². The quantitative estimate of drug-likeness (QED) is 0.884. The van der Waals surface area contributed by atoms with Crippen LogP contribution in [0.5, 0.6) is 0 Å². The largest absolute Gasteiger partial charge is 0.356 e. The van der Waals surface area contributed by atoms with Crippen LogP contribution >= 0.6 is 0 Å². The first-order valence-corrected chi connectivity index (χ1v) is 9.21. The van der Waals surface area contributed by atoms with E-state index < -0.39 is 0 Å². The fraction of sp³-hybridized carbons (Fsp3) is 0.400. The number of aromatic nitrogens is 1. The van der Waals surface area contributed by atoms with Crippen molar-refractivity contribution in [3.8, 4) is 0 Å². The maximum Gasteiger partial charge on any atom is 0.270 e. The number of carbonyl (C=O) groups excluding carboxylic acids is 2. The fourth-order valence-electron chi connectivity index (χ4n) is 3.96. The van der Waals surface area contributed by atoms with Crippen LogP contribution in [0.2, 0.25) is 0 Å². The summed E-state index contributed by atoms with van der Waals surface area (Å²) >= 11 is 0. The number of nitrogens with zero attached hydrogens (tertiary/aromatic N) is 2. The number of hydrogen-bond acceptors (Lipinski definition) is 3. The Morgan fingerprint density at radius 1 is 1.00 bits per heavy atom. The van der Waals surface area contributed by atoms with Gasteiger partial charge in [0.1, 0.15) is 5.69 Å². The van der Waals surface area contributed by atoms with Crippen LogP contribution in [0.3, 0.4) is 0 Å². The zero-order valence-corrected chi connectivity index (χ0v) is 14.7. The zero-order chi connectivity index (χ0) is 18.1. The van der Waals surface area contributed by atoms with Gasteiger partial charge in [0.2, 0.25) is 0 Å². The van der Waals surface area contributed by atoms with E-state index in [1.165, 1.54) is 0 Å². The monoisotopic (exact) mass is 352 g/mol. The van der Waals surface area contributed by atoms with Gasteiger partial charge in [-0.25, -0.2) is 0 Å². The third kappa shape index (κ3) is 3.12. The molecule has 0 spiro atoms. The predicted molar refractivity (Wildman–Crippen MR) is 99.0 cm³/mol. The minimum Gasteiger partial charge on any atom is -0.356 e. The molecule has 4 rings (SSSR count). The number of hydrogen-bond donors (Lipinski definition) is 2. The average Bonchev–Trinajstić information content (AvgIpc) is 3.41. The summed E-state index contributed by atoms with van der Waals surface area (Å²) in [6.07, 6.45) is 3.72. The molecule has 0 bridgehead atoms. The van der Waals surface area contributed by atoms with Gasteiger partial charge in [0.15, 0.2) is 0 Å². The van der Waals surface area contributed by atoms with Crippen LogP contribution in [0.1, 0.15) is 45.2 Å². The third-order valence-electron chi connectivity index (χ3n) is 5.43. The number of benzene rings is 1. The Labute approximate surface area is 153 Å². The molecular formula is C20H24N4O2. The summed E-state index contributed by atoms with van der Waals surface area (Å²) in [7, 11) is 0. The van der Waals surface area contributed by atoms with E-state index in [9.17, 15) is 9.59 Å². The Balaban J connectivity index is 1.46. The second kappa shape index (κ2) is 6.96. The summed E-state index contributed by atoms with van der Waals surface area (Å²) in [6, 6.07) is 11.7. The van der Waals surface area contributed by atoms with Crippen molar-refractivity contribution in [2.45, 2.75) is 24.8 Å². The number of nitrogens with one attached hydrogen (secondary N) is 1. The first kappa shape index (κ1) is 16.8. The molecule has 0 aliphatic carbocycles. The summed E-state index contributed by atoms with van der Waals surface area (Å²) in [6.45, 7) is 2.71. The lowest BCUT2D eigenvalue weighted by Gasteiger charge is -2.16. The highest BCUT2D eigenvalue weighted by Crippen LogP contribution is 2.27. The van der Waals surface area contributed by atoms with Gasteiger partial charge in [-0.3, -0.25) is 9.59 Å². The maximum absolute atomic E-state index is 12.9. The van der Waals surface area contributed by atoms with Gasteiger partial charge in [-0.1, -0.05) is 30.3 Å². The molecule has 2 saturated heterocycles. The molecule has 2 aliphatic rings. The number of aromatic amines is 1. The molecule has 2 atom stereocenters. The Hall–Kier alpha value is -2.60. The molecular weight excluding hydrogens is 328 g/mol. The second-order valence-corrected chi connectivity index (χ2v) is 7.19. The van der Waals surface area contributed by atoms with Gasteiger partial charge in [-0.2, -0.15) is 0 Å². The van der Waals surface area contributed by atoms with E-state index in [1.54, 1.807) is 17.2 Å². The molecule has 2 aromatic rings. The normalized spacial score (nSPS) is 22.8. The lowest BCUT2D eigenvalue weighted by molar-refractivity contribution is 0.0786. The maximum atomic E-state index is 12.9. The molecule has 2 amide bonds. The van der Waals surface area contributed by atoms with E-state index in [-0.39, 0.29) is 23.8 Å². The minimum atomic E-state index is -0.0778. The molecule has 0 saturated carbocycles. The van der Waals surface area contributed by atoms with Crippen molar-refractivity contribution in [1.82, 2.24) is 14.8 Å². The Morgan fingerprint density at radius 3 is 2.46 bits per heavy atom. The van der Waals surface area contributed by atoms with Crippen LogP contribution < -0.4 is 5.73 Å². The molecule has 1 aromatic heterocycles. The van der Waals surface area contributed by atoms with Crippen LogP contribution in [0, 0.1) is 0 Å². The van der Waals surface area contributed by atoms with Gasteiger partial charge in [0, 0.05) is 44.3 Å². The topological polar surface area (TPSA) is 82.4 Å². The number of rotatable bonds is 3. The first-order valence-electron chi connectivity index (χ1n) is 9.21. The highest BCUT2D eigenvalue weighted by Gasteiger charge is 2.34. The van der Waals surface area contributed by atoms with Gasteiger partial charge in [0.25, 0.3) is 11.8 Å². The standard InChI is InChI=1S/C20H24N4O2/c21-17-13-24(12-16(17)14-6-2-1-3-7-14)19(25)15-10-18(22-11-15)20(26)23-8-4-5-9-23/h1-3,6-7,10-11,16-17,22H,4-5,8-9,12-13,21H2/t16-,17+/m0/s1. The van der Waals surface area contributed by atoms with Gasteiger partial charge in [-0.15, -0.1) is 0 Å². The molecule has 6 heteroatoms.